The summed E-state index contributed by atoms with van der Waals surface area (Å²) in [6.45, 7) is -0.632. The van der Waals surface area contributed by atoms with Gasteiger partial charge in [0.15, 0.2) is 0 Å². The highest BCUT2D eigenvalue weighted by molar-refractivity contribution is 7.56. The van der Waals surface area contributed by atoms with Crippen LogP contribution >= 0.6 is 15.2 Å². The standard InChI is InChI=1S/C9H13NO9P2/c11-10(12)7-1-3-8(4-2-7)19-5-9(21(16,17)18)6-20(13,14)15/h1-4,9H,5-6H2,(H2,13,14,15)(H2,16,17,18). The predicted octanol–water partition coefficient (Wildman–Crippen LogP) is 0.698. The quantitative estimate of drug-likeness (QED) is 0.317. The third-order valence-electron chi connectivity index (χ3n) is 2.41. The van der Waals surface area contributed by atoms with E-state index in [1.807, 2.05) is 0 Å². The summed E-state index contributed by atoms with van der Waals surface area (Å²) in [6.07, 6.45) is -1.02. The molecule has 12 heteroatoms. The number of rotatable bonds is 7. The highest BCUT2D eigenvalue weighted by Crippen LogP contribution is 2.48. The smallest absolute Gasteiger partial charge is 0.332 e. The van der Waals surface area contributed by atoms with Crippen LogP contribution in [0.5, 0.6) is 5.75 Å². The first-order valence-corrected chi connectivity index (χ1v) is 8.94. The largest absolute Gasteiger partial charge is 0.493 e. The molecule has 1 atom stereocenters. The summed E-state index contributed by atoms with van der Waals surface area (Å²) in [7, 11) is -9.38. The van der Waals surface area contributed by atoms with Crippen molar-refractivity contribution >= 4 is 20.9 Å². The molecule has 0 aliphatic heterocycles. The molecule has 1 aromatic carbocycles. The zero-order chi connectivity index (χ0) is 16.3. The van der Waals surface area contributed by atoms with E-state index in [1.54, 1.807) is 0 Å². The number of hydrogen-bond acceptors (Lipinski definition) is 5. The second kappa shape index (κ2) is 6.65. The molecule has 0 saturated heterocycles. The molecule has 0 amide bonds. The molecule has 4 N–H and O–H groups in total. The number of nitro groups is 1. The van der Waals surface area contributed by atoms with Gasteiger partial charge in [0.1, 0.15) is 18.0 Å². The second-order valence-corrected chi connectivity index (χ2v) is 7.76. The summed E-state index contributed by atoms with van der Waals surface area (Å²) in [6, 6.07) is 4.69. The van der Waals surface area contributed by atoms with Crippen LogP contribution in [0, 0.1) is 10.1 Å². The maximum absolute atomic E-state index is 11.2. The van der Waals surface area contributed by atoms with Crippen molar-refractivity contribution in [2.45, 2.75) is 5.66 Å². The lowest BCUT2D eigenvalue weighted by Gasteiger charge is -2.19. The lowest BCUT2D eigenvalue weighted by Crippen LogP contribution is -2.22. The van der Waals surface area contributed by atoms with Gasteiger partial charge in [-0.05, 0) is 12.1 Å². The van der Waals surface area contributed by atoms with Crippen molar-refractivity contribution in [3.8, 4) is 5.75 Å². The number of nitro benzene ring substituents is 1. The molecular formula is C9H13NO9P2. The van der Waals surface area contributed by atoms with Crippen LogP contribution in [0.25, 0.3) is 0 Å². The van der Waals surface area contributed by atoms with Gasteiger partial charge in [0, 0.05) is 12.1 Å². The molecule has 0 spiro atoms. The van der Waals surface area contributed by atoms with E-state index in [0.29, 0.717) is 0 Å². The lowest BCUT2D eigenvalue weighted by atomic mass is 10.3. The Kier molecular flexibility index (Phi) is 5.63. The summed E-state index contributed by atoms with van der Waals surface area (Å²) >= 11 is 0. The molecule has 0 aliphatic carbocycles. The van der Waals surface area contributed by atoms with Crippen molar-refractivity contribution in [3.63, 3.8) is 0 Å². The summed E-state index contributed by atoms with van der Waals surface area (Å²) in [5.41, 5.74) is -1.86. The highest BCUT2D eigenvalue weighted by Gasteiger charge is 2.35. The molecule has 1 rings (SSSR count). The topological polar surface area (TPSA) is 167 Å². The third-order valence-corrected chi connectivity index (χ3v) is 4.90. The number of hydrogen-bond donors (Lipinski definition) is 4. The Morgan fingerprint density at radius 2 is 1.67 bits per heavy atom. The monoisotopic (exact) mass is 341 g/mol. The first-order valence-electron chi connectivity index (χ1n) is 5.46. The Bertz CT molecular complexity index is 590. The molecule has 118 valence electrons. The van der Waals surface area contributed by atoms with Gasteiger partial charge in [-0.2, -0.15) is 0 Å². The van der Waals surface area contributed by atoms with Crippen LogP contribution in [-0.4, -0.2) is 42.9 Å². The SMILES string of the molecule is O=[N+]([O-])c1ccc(OCC(CP(=O)(O)O)P(=O)(O)O)cc1. The molecule has 0 aliphatic rings. The van der Waals surface area contributed by atoms with Gasteiger partial charge in [-0.1, -0.05) is 0 Å². The number of nitrogens with zero attached hydrogens (tertiary/aromatic N) is 1. The van der Waals surface area contributed by atoms with Gasteiger partial charge in [0.25, 0.3) is 5.69 Å². The molecular weight excluding hydrogens is 328 g/mol. The Morgan fingerprint density at radius 3 is 2.05 bits per heavy atom. The number of non-ortho nitro benzene ring substituents is 1. The van der Waals surface area contributed by atoms with Crippen LogP contribution in [0.4, 0.5) is 5.69 Å². The summed E-state index contributed by atoms with van der Waals surface area (Å²) < 4.78 is 27.0. The molecule has 0 bridgehead atoms. The van der Waals surface area contributed by atoms with Crippen molar-refractivity contribution in [2.75, 3.05) is 12.8 Å². The van der Waals surface area contributed by atoms with E-state index in [4.69, 9.17) is 24.3 Å². The van der Waals surface area contributed by atoms with Crippen molar-refractivity contribution in [1.82, 2.24) is 0 Å². The molecule has 0 heterocycles. The Balaban J connectivity index is 2.75. The van der Waals surface area contributed by atoms with Gasteiger partial charge in [-0.25, -0.2) is 0 Å². The van der Waals surface area contributed by atoms with E-state index < -0.39 is 38.5 Å². The van der Waals surface area contributed by atoms with Crippen LogP contribution < -0.4 is 4.74 Å². The third kappa shape index (κ3) is 6.34. The zero-order valence-corrected chi connectivity index (χ0v) is 12.3. The van der Waals surface area contributed by atoms with Crippen molar-refractivity contribution in [3.05, 3.63) is 34.4 Å². The summed E-state index contributed by atoms with van der Waals surface area (Å²) in [4.78, 5) is 45.4. The van der Waals surface area contributed by atoms with Gasteiger partial charge in [-0.15, -0.1) is 0 Å². The van der Waals surface area contributed by atoms with Crippen LogP contribution in [0.3, 0.4) is 0 Å². The average Bonchev–Trinajstić information content (AvgIpc) is 2.32. The fourth-order valence-electron chi connectivity index (χ4n) is 1.39. The molecule has 0 aromatic heterocycles. The number of ether oxygens (including phenoxy) is 1. The Morgan fingerprint density at radius 1 is 1.14 bits per heavy atom. The van der Waals surface area contributed by atoms with Gasteiger partial charge in [0.2, 0.25) is 0 Å². The van der Waals surface area contributed by atoms with Gasteiger partial charge in [0.05, 0.1) is 11.1 Å². The maximum atomic E-state index is 11.2. The zero-order valence-electron chi connectivity index (χ0n) is 10.5. The Labute approximate surface area is 118 Å². The molecule has 0 radical (unpaired) electrons. The fourth-order valence-corrected chi connectivity index (χ4v) is 3.80. The molecule has 1 unspecified atom stereocenters. The fraction of sp³-hybridized carbons (Fsp3) is 0.333. The summed E-state index contributed by atoms with van der Waals surface area (Å²) in [5.74, 6) is 0.0877. The van der Waals surface area contributed by atoms with Gasteiger partial charge < -0.3 is 24.3 Å². The molecule has 1 aromatic rings. The predicted molar refractivity (Wildman–Crippen MR) is 71.3 cm³/mol. The van der Waals surface area contributed by atoms with E-state index in [2.05, 4.69) is 0 Å². The number of benzene rings is 1. The first-order chi connectivity index (χ1) is 9.49. The minimum absolute atomic E-state index is 0.0877. The molecule has 0 fully saturated rings. The minimum atomic E-state index is -4.76. The van der Waals surface area contributed by atoms with E-state index in [0.717, 1.165) is 12.1 Å². The van der Waals surface area contributed by atoms with Crippen LogP contribution in [0.2, 0.25) is 0 Å². The maximum Gasteiger partial charge on any atom is 0.332 e. The Hall–Kier alpha value is -1.28. The van der Waals surface area contributed by atoms with E-state index in [-0.39, 0.29) is 11.4 Å². The average molecular weight is 341 g/mol. The van der Waals surface area contributed by atoms with Crippen LogP contribution in [0.15, 0.2) is 24.3 Å². The van der Waals surface area contributed by atoms with Gasteiger partial charge >= 0.3 is 15.2 Å². The van der Waals surface area contributed by atoms with Crippen molar-refractivity contribution < 1.29 is 38.4 Å². The van der Waals surface area contributed by atoms with E-state index in [1.165, 1.54) is 12.1 Å². The minimum Gasteiger partial charge on any atom is -0.493 e. The van der Waals surface area contributed by atoms with E-state index >= 15 is 0 Å². The molecule has 10 nitrogen and oxygen atoms in total. The van der Waals surface area contributed by atoms with Crippen LogP contribution in [0.1, 0.15) is 0 Å². The van der Waals surface area contributed by atoms with Gasteiger partial charge in [-0.3, -0.25) is 19.2 Å². The first kappa shape index (κ1) is 17.8. The lowest BCUT2D eigenvalue weighted by molar-refractivity contribution is -0.384. The summed E-state index contributed by atoms with van der Waals surface area (Å²) in [5, 5.41) is 10.4. The molecule has 21 heavy (non-hydrogen) atoms. The molecule has 0 saturated carbocycles. The van der Waals surface area contributed by atoms with Crippen molar-refractivity contribution in [1.29, 1.82) is 0 Å². The van der Waals surface area contributed by atoms with Crippen LogP contribution in [-0.2, 0) is 9.13 Å². The van der Waals surface area contributed by atoms with E-state index in [9.17, 15) is 19.2 Å². The van der Waals surface area contributed by atoms with Crippen molar-refractivity contribution in [2.24, 2.45) is 0 Å². The normalized spacial score (nSPS) is 13.7. The highest BCUT2D eigenvalue weighted by atomic mass is 31.2. The second-order valence-electron chi connectivity index (χ2n) is 4.15.